The van der Waals surface area contributed by atoms with E-state index in [-0.39, 0.29) is 42.7 Å². The van der Waals surface area contributed by atoms with Gasteiger partial charge in [-0.1, -0.05) is 0 Å². The van der Waals surface area contributed by atoms with Gasteiger partial charge in [-0.15, -0.1) is 0 Å². The lowest BCUT2D eigenvalue weighted by Crippen LogP contribution is -2.47. The predicted octanol–water partition coefficient (Wildman–Crippen LogP) is 3.37. The number of likely N-dealkylation sites (tertiary alicyclic amines) is 1. The van der Waals surface area contributed by atoms with Gasteiger partial charge >= 0.3 is 5.92 Å². The Morgan fingerprint density at radius 3 is 2.44 bits per heavy atom. The smallest absolute Gasteiger partial charge is 0.356 e. The molecule has 1 fully saturated rings. The van der Waals surface area contributed by atoms with Crippen molar-refractivity contribution in [3.05, 3.63) is 69.0 Å². The van der Waals surface area contributed by atoms with Gasteiger partial charge in [0.1, 0.15) is 11.4 Å². The number of aryl methyl sites for hydroxylation is 1. The van der Waals surface area contributed by atoms with Crippen molar-refractivity contribution < 1.29 is 32.8 Å². The minimum Gasteiger partial charge on any atom is -0.393 e. The molecule has 1 saturated heterocycles. The highest BCUT2D eigenvalue weighted by Gasteiger charge is 2.49. The average molecular weight is 451 g/mol. The van der Waals surface area contributed by atoms with Gasteiger partial charge < -0.3 is 15.3 Å². The monoisotopic (exact) mass is 451 g/mol. The van der Waals surface area contributed by atoms with Crippen LogP contribution in [0.5, 0.6) is 0 Å². The third kappa shape index (κ3) is 4.72. The number of amides is 2. The standard InChI is InChI=1S/C21H20F3N3O5/c1-12-10-14(3-4-17(12)22)25-19(29)13-2-5-18(27(31)32)16(11-13)21(23,24)20(30)26-8-6-15(28)7-9-26/h2-5,10-11,15,28H,6-9H2,1H3,(H,25,29). The summed E-state index contributed by atoms with van der Waals surface area (Å²) in [7, 11) is 0. The summed E-state index contributed by atoms with van der Waals surface area (Å²) in [6.07, 6.45) is -0.475. The van der Waals surface area contributed by atoms with Crippen molar-refractivity contribution in [1.82, 2.24) is 4.90 Å². The fourth-order valence-electron chi connectivity index (χ4n) is 3.40. The van der Waals surface area contributed by atoms with Crippen LogP contribution in [-0.4, -0.2) is 45.9 Å². The Balaban J connectivity index is 1.92. The van der Waals surface area contributed by atoms with E-state index in [1.165, 1.54) is 19.1 Å². The van der Waals surface area contributed by atoms with E-state index in [9.17, 15) is 29.2 Å². The molecule has 2 N–H and O–H groups in total. The number of hydrogen-bond donors (Lipinski definition) is 2. The Morgan fingerprint density at radius 1 is 1.19 bits per heavy atom. The van der Waals surface area contributed by atoms with Gasteiger partial charge in [-0.3, -0.25) is 19.7 Å². The van der Waals surface area contributed by atoms with Crippen molar-refractivity contribution >= 4 is 23.2 Å². The number of anilines is 1. The first kappa shape index (κ1) is 23.2. The number of benzene rings is 2. The number of alkyl halides is 2. The van der Waals surface area contributed by atoms with E-state index >= 15 is 8.78 Å². The second-order valence-corrected chi connectivity index (χ2v) is 7.50. The van der Waals surface area contributed by atoms with Gasteiger partial charge in [0.25, 0.3) is 17.5 Å². The molecule has 32 heavy (non-hydrogen) atoms. The topological polar surface area (TPSA) is 113 Å². The first-order valence-electron chi connectivity index (χ1n) is 9.72. The quantitative estimate of drug-likeness (QED) is 0.535. The zero-order valence-electron chi connectivity index (χ0n) is 17.0. The van der Waals surface area contributed by atoms with Crippen LogP contribution in [0.25, 0.3) is 0 Å². The maximum atomic E-state index is 15.1. The van der Waals surface area contributed by atoms with Crippen molar-refractivity contribution in [2.75, 3.05) is 18.4 Å². The fraction of sp³-hybridized carbons (Fsp3) is 0.333. The van der Waals surface area contributed by atoms with Crippen LogP contribution in [0.2, 0.25) is 0 Å². The molecule has 0 saturated carbocycles. The summed E-state index contributed by atoms with van der Waals surface area (Å²) in [6, 6.07) is 6.07. The number of nitro benzene ring substituents is 1. The summed E-state index contributed by atoms with van der Waals surface area (Å²) in [4.78, 5) is 36.1. The molecule has 2 aromatic carbocycles. The summed E-state index contributed by atoms with van der Waals surface area (Å²) >= 11 is 0. The summed E-state index contributed by atoms with van der Waals surface area (Å²) in [6.45, 7) is 1.24. The molecule has 1 heterocycles. The summed E-state index contributed by atoms with van der Waals surface area (Å²) in [5, 5.41) is 23.3. The molecule has 0 aliphatic carbocycles. The molecule has 0 atom stereocenters. The maximum Gasteiger partial charge on any atom is 0.356 e. The Labute approximate surface area is 180 Å². The maximum absolute atomic E-state index is 15.1. The lowest BCUT2D eigenvalue weighted by atomic mass is 9.99. The molecule has 0 radical (unpaired) electrons. The number of carbonyl (C=O) groups excluding carboxylic acids is 2. The molecule has 1 aliphatic heterocycles. The molecule has 0 spiro atoms. The van der Waals surface area contributed by atoms with E-state index in [1.807, 2.05) is 0 Å². The van der Waals surface area contributed by atoms with Crippen LogP contribution in [0.1, 0.15) is 34.3 Å². The Kier molecular flexibility index (Phi) is 6.49. The Bertz CT molecular complexity index is 1070. The first-order chi connectivity index (χ1) is 15.0. The number of aliphatic hydroxyl groups is 1. The largest absolute Gasteiger partial charge is 0.393 e. The molecule has 0 bridgehead atoms. The second-order valence-electron chi connectivity index (χ2n) is 7.50. The minimum absolute atomic E-state index is 0.115. The normalized spacial score (nSPS) is 14.8. The van der Waals surface area contributed by atoms with Crippen LogP contribution in [0.4, 0.5) is 24.5 Å². The van der Waals surface area contributed by atoms with E-state index in [2.05, 4.69) is 5.32 Å². The highest BCUT2D eigenvalue weighted by molar-refractivity contribution is 6.05. The third-order valence-electron chi connectivity index (χ3n) is 5.23. The summed E-state index contributed by atoms with van der Waals surface area (Å²) < 4.78 is 43.6. The Hall–Kier alpha value is -3.47. The third-order valence-corrected chi connectivity index (χ3v) is 5.23. The first-order valence-corrected chi connectivity index (χ1v) is 9.72. The predicted molar refractivity (Wildman–Crippen MR) is 108 cm³/mol. The van der Waals surface area contributed by atoms with Crippen molar-refractivity contribution in [3.8, 4) is 0 Å². The molecule has 1 aliphatic rings. The van der Waals surface area contributed by atoms with Crippen LogP contribution in [0.3, 0.4) is 0 Å². The number of rotatable bonds is 5. The number of halogens is 3. The molecule has 2 aromatic rings. The molecule has 0 aromatic heterocycles. The summed E-state index contributed by atoms with van der Waals surface area (Å²) in [5.74, 6) is -7.27. The average Bonchev–Trinajstić information content (AvgIpc) is 2.75. The minimum atomic E-state index is -4.27. The second kappa shape index (κ2) is 8.95. The van der Waals surface area contributed by atoms with E-state index in [4.69, 9.17) is 0 Å². The van der Waals surface area contributed by atoms with Crippen LogP contribution >= 0.6 is 0 Å². The number of piperidine rings is 1. The van der Waals surface area contributed by atoms with E-state index < -0.39 is 45.8 Å². The summed E-state index contributed by atoms with van der Waals surface area (Å²) in [5.41, 5.74) is -2.11. The lowest BCUT2D eigenvalue weighted by Gasteiger charge is -2.32. The molecule has 2 amide bonds. The van der Waals surface area contributed by atoms with Gasteiger partial charge in [0.15, 0.2) is 0 Å². The number of nitrogens with one attached hydrogen (secondary N) is 1. The van der Waals surface area contributed by atoms with Gasteiger partial charge in [-0.25, -0.2) is 4.39 Å². The molecule has 170 valence electrons. The van der Waals surface area contributed by atoms with Crippen molar-refractivity contribution in [2.45, 2.75) is 31.8 Å². The Morgan fingerprint density at radius 2 is 1.84 bits per heavy atom. The van der Waals surface area contributed by atoms with Crippen molar-refractivity contribution in [1.29, 1.82) is 0 Å². The van der Waals surface area contributed by atoms with Crippen molar-refractivity contribution in [2.24, 2.45) is 0 Å². The van der Waals surface area contributed by atoms with Crippen molar-refractivity contribution in [3.63, 3.8) is 0 Å². The van der Waals surface area contributed by atoms with Crippen LogP contribution in [0, 0.1) is 22.9 Å². The van der Waals surface area contributed by atoms with Crippen LogP contribution in [0.15, 0.2) is 36.4 Å². The van der Waals surface area contributed by atoms with Gasteiger partial charge in [-0.05, 0) is 55.7 Å². The van der Waals surface area contributed by atoms with Gasteiger partial charge in [-0.2, -0.15) is 8.78 Å². The number of hydrogen-bond acceptors (Lipinski definition) is 5. The molecular formula is C21H20F3N3O5. The van der Waals surface area contributed by atoms with Gasteiger partial charge in [0.2, 0.25) is 0 Å². The number of aliphatic hydroxyl groups excluding tert-OH is 1. The van der Waals surface area contributed by atoms with Gasteiger partial charge in [0, 0.05) is 30.4 Å². The number of nitro groups is 1. The molecule has 8 nitrogen and oxygen atoms in total. The van der Waals surface area contributed by atoms with Crippen LogP contribution in [-0.2, 0) is 10.7 Å². The van der Waals surface area contributed by atoms with E-state index in [0.717, 1.165) is 23.1 Å². The molecule has 11 heteroatoms. The molecule has 0 unspecified atom stereocenters. The number of carbonyl (C=O) groups is 2. The van der Waals surface area contributed by atoms with E-state index in [1.54, 1.807) is 0 Å². The lowest BCUT2D eigenvalue weighted by molar-refractivity contribution is -0.386. The number of nitrogens with zero attached hydrogens (tertiary/aromatic N) is 2. The molecular weight excluding hydrogens is 431 g/mol. The van der Waals surface area contributed by atoms with Gasteiger partial charge in [0.05, 0.1) is 11.0 Å². The highest BCUT2D eigenvalue weighted by Crippen LogP contribution is 2.38. The van der Waals surface area contributed by atoms with Crippen LogP contribution < -0.4 is 5.32 Å². The fourth-order valence-corrected chi connectivity index (χ4v) is 3.40. The molecule has 3 rings (SSSR count). The SMILES string of the molecule is Cc1cc(NC(=O)c2ccc([N+](=O)[O-])c(C(F)(F)C(=O)N3CCC(O)CC3)c2)ccc1F. The highest BCUT2D eigenvalue weighted by atomic mass is 19.3. The zero-order valence-corrected chi connectivity index (χ0v) is 17.0. The van der Waals surface area contributed by atoms with E-state index in [0.29, 0.717) is 6.07 Å². The zero-order chi connectivity index (χ0) is 23.6.